The summed E-state index contributed by atoms with van der Waals surface area (Å²) in [6.07, 6.45) is 0.466. The van der Waals surface area contributed by atoms with E-state index in [-0.39, 0.29) is 47.8 Å². The fourth-order valence-corrected chi connectivity index (χ4v) is 6.25. The Morgan fingerprint density at radius 1 is 1.23 bits per heavy atom. The summed E-state index contributed by atoms with van der Waals surface area (Å²) in [6, 6.07) is 8.43. The van der Waals surface area contributed by atoms with E-state index in [2.05, 4.69) is 16.0 Å². The second kappa shape index (κ2) is 12.3. The largest absolute Gasteiger partial charge is 0.394 e. The zero-order valence-electron chi connectivity index (χ0n) is 22.1. The quantitative estimate of drug-likeness (QED) is 0.285. The number of anilines is 1. The van der Waals surface area contributed by atoms with E-state index >= 15 is 0 Å². The van der Waals surface area contributed by atoms with Gasteiger partial charge in [-0.15, -0.1) is 12.4 Å². The fraction of sp³-hybridized carbons (Fsp3) is 0.500. The summed E-state index contributed by atoms with van der Waals surface area (Å²) < 4.78 is 14.9. The molecule has 5 atom stereocenters. The van der Waals surface area contributed by atoms with Gasteiger partial charge < -0.3 is 26.2 Å². The van der Waals surface area contributed by atoms with Crippen molar-refractivity contribution in [2.24, 2.45) is 5.41 Å². The maximum Gasteiger partial charge on any atom is 0.237 e. The molecule has 0 bridgehead atoms. The number of carbonyl (C=O) groups is 2. The molecular formula is C28H35Cl3FN3O4. The fourth-order valence-electron chi connectivity index (χ4n) is 5.88. The van der Waals surface area contributed by atoms with Crippen LogP contribution >= 0.6 is 35.6 Å². The van der Waals surface area contributed by atoms with Crippen LogP contribution in [0.15, 0.2) is 36.4 Å². The Hall–Kier alpha value is -1.94. The van der Waals surface area contributed by atoms with E-state index in [0.717, 1.165) is 0 Å². The number of nitrogens with one attached hydrogen (secondary N) is 3. The highest BCUT2D eigenvalue weighted by Gasteiger charge is 2.65. The van der Waals surface area contributed by atoms with E-state index < -0.39 is 35.3 Å². The third kappa shape index (κ3) is 6.21. The molecule has 1 spiro atoms. The summed E-state index contributed by atoms with van der Waals surface area (Å²) in [6.45, 7) is 6.08. The maximum atomic E-state index is 14.9. The first-order valence-electron chi connectivity index (χ1n) is 12.8. The summed E-state index contributed by atoms with van der Waals surface area (Å²) in [7, 11) is 0. The van der Waals surface area contributed by atoms with Crippen molar-refractivity contribution in [3.63, 3.8) is 0 Å². The predicted octanol–water partition coefficient (Wildman–Crippen LogP) is 4.55. The molecule has 2 aromatic carbocycles. The Labute approximate surface area is 244 Å². The molecule has 4 rings (SSSR count). The number of aliphatic hydroxyl groups excluding tert-OH is 2. The van der Waals surface area contributed by atoms with Crippen molar-refractivity contribution in [1.29, 1.82) is 0 Å². The molecule has 0 unspecified atom stereocenters. The average Bonchev–Trinajstić information content (AvgIpc) is 3.31. The van der Waals surface area contributed by atoms with Gasteiger partial charge in [-0.2, -0.15) is 0 Å². The summed E-state index contributed by atoms with van der Waals surface area (Å²) in [5.41, 5.74) is 0.0123. The van der Waals surface area contributed by atoms with E-state index in [1.807, 2.05) is 26.8 Å². The highest BCUT2D eigenvalue weighted by molar-refractivity contribution is 6.31. The third-order valence-electron chi connectivity index (χ3n) is 7.42. The molecule has 1 saturated heterocycles. The van der Waals surface area contributed by atoms with Crippen molar-refractivity contribution >= 4 is 53.1 Å². The van der Waals surface area contributed by atoms with Gasteiger partial charge in [0.25, 0.3) is 0 Å². The van der Waals surface area contributed by atoms with Crippen LogP contribution in [0.25, 0.3) is 0 Å². The van der Waals surface area contributed by atoms with Crippen LogP contribution in [-0.4, -0.2) is 53.4 Å². The van der Waals surface area contributed by atoms with E-state index in [4.69, 9.17) is 28.3 Å². The Kier molecular flexibility index (Phi) is 9.95. The second-order valence-corrected chi connectivity index (χ2v) is 12.2. The SMILES string of the molecule is CC(C)(C)C[C@H]1N[C@@H](C(=O)NCCC[C@H](O)CO)[C@H](c2cccc(Cl)c2)[C@@]12C(=O)Nc1cc(Cl)c(F)cc12.Cl. The van der Waals surface area contributed by atoms with Gasteiger partial charge in [-0.05, 0) is 60.1 Å². The van der Waals surface area contributed by atoms with Crippen molar-refractivity contribution in [2.45, 2.75) is 69.6 Å². The molecule has 2 heterocycles. The molecule has 2 amide bonds. The van der Waals surface area contributed by atoms with E-state index in [0.29, 0.717) is 41.1 Å². The van der Waals surface area contributed by atoms with Crippen molar-refractivity contribution in [1.82, 2.24) is 10.6 Å². The minimum absolute atomic E-state index is 0. The molecule has 39 heavy (non-hydrogen) atoms. The average molecular weight is 603 g/mol. The number of hydrogen-bond acceptors (Lipinski definition) is 5. The van der Waals surface area contributed by atoms with Crippen LogP contribution in [0, 0.1) is 11.2 Å². The maximum absolute atomic E-state index is 14.9. The van der Waals surface area contributed by atoms with Gasteiger partial charge in [-0.3, -0.25) is 9.59 Å². The van der Waals surface area contributed by atoms with Gasteiger partial charge >= 0.3 is 0 Å². The smallest absolute Gasteiger partial charge is 0.237 e. The van der Waals surface area contributed by atoms with Crippen LogP contribution in [0.4, 0.5) is 10.1 Å². The molecule has 0 radical (unpaired) electrons. The van der Waals surface area contributed by atoms with E-state index in [1.54, 1.807) is 18.2 Å². The molecule has 2 aliphatic rings. The lowest BCUT2D eigenvalue weighted by molar-refractivity contribution is -0.123. The second-order valence-electron chi connectivity index (χ2n) is 11.4. The molecule has 1 fully saturated rings. The highest BCUT2D eigenvalue weighted by Crippen LogP contribution is 2.57. The summed E-state index contributed by atoms with van der Waals surface area (Å²) in [5.74, 6) is -2.00. The first kappa shape index (κ1) is 31.6. The zero-order chi connectivity index (χ0) is 27.8. The Balaban J connectivity index is 0.00000420. The van der Waals surface area contributed by atoms with Crippen molar-refractivity contribution in [3.05, 3.63) is 63.4 Å². The highest BCUT2D eigenvalue weighted by atomic mass is 35.5. The van der Waals surface area contributed by atoms with Gasteiger partial charge in [0, 0.05) is 29.2 Å². The first-order valence-corrected chi connectivity index (χ1v) is 13.5. The number of benzene rings is 2. The molecule has 214 valence electrons. The summed E-state index contributed by atoms with van der Waals surface area (Å²) >= 11 is 12.5. The van der Waals surface area contributed by atoms with Crippen LogP contribution in [0.2, 0.25) is 10.0 Å². The number of amides is 2. The molecular weight excluding hydrogens is 568 g/mol. The Morgan fingerprint density at radius 2 is 1.95 bits per heavy atom. The van der Waals surface area contributed by atoms with Crippen molar-refractivity contribution in [3.8, 4) is 0 Å². The van der Waals surface area contributed by atoms with E-state index in [9.17, 15) is 19.1 Å². The van der Waals surface area contributed by atoms with Gasteiger partial charge in [0.2, 0.25) is 11.8 Å². The molecule has 2 aliphatic heterocycles. The molecule has 0 aromatic heterocycles. The van der Waals surface area contributed by atoms with Crippen LogP contribution in [-0.2, 0) is 15.0 Å². The van der Waals surface area contributed by atoms with Crippen LogP contribution in [0.3, 0.4) is 0 Å². The lowest BCUT2D eigenvalue weighted by atomic mass is 9.62. The lowest BCUT2D eigenvalue weighted by Crippen LogP contribution is -2.49. The van der Waals surface area contributed by atoms with E-state index in [1.165, 1.54) is 12.1 Å². The van der Waals surface area contributed by atoms with Gasteiger partial charge in [-0.25, -0.2) is 4.39 Å². The van der Waals surface area contributed by atoms with Gasteiger partial charge in [0.15, 0.2) is 0 Å². The lowest BCUT2D eigenvalue weighted by Gasteiger charge is -2.37. The normalized spacial score (nSPS) is 24.7. The molecule has 11 heteroatoms. The number of halogens is 4. The monoisotopic (exact) mass is 601 g/mol. The van der Waals surface area contributed by atoms with Gasteiger partial charge in [0.1, 0.15) is 11.2 Å². The first-order chi connectivity index (χ1) is 17.9. The van der Waals surface area contributed by atoms with Crippen LogP contribution in [0.1, 0.15) is 57.1 Å². The summed E-state index contributed by atoms with van der Waals surface area (Å²) in [4.78, 5) is 27.7. The molecule has 0 aliphatic carbocycles. The molecule has 7 nitrogen and oxygen atoms in total. The number of fused-ring (bicyclic) bond motifs is 2. The topological polar surface area (TPSA) is 111 Å². The number of aliphatic hydroxyl groups is 2. The zero-order valence-corrected chi connectivity index (χ0v) is 24.4. The Morgan fingerprint density at radius 3 is 2.59 bits per heavy atom. The van der Waals surface area contributed by atoms with Crippen LogP contribution in [0.5, 0.6) is 0 Å². The standard InChI is InChI=1S/C28H34Cl2FN3O4.ClH/c1-27(2,3)13-22-28(18-11-20(31)19(30)12-21(18)33-26(28)38)23(15-6-4-7-16(29)10-15)24(34-22)25(37)32-9-5-8-17(36)14-35;/h4,6-7,10-12,17,22-24,34-36H,5,8-9,13-14H2,1-3H3,(H,32,37)(H,33,38);1H/t17-,22+,23-,24+,28-;/m0./s1. The van der Waals surface area contributed by atoms with Gasteiger partial charge in [0.05, 0.1) is 23.8 Å². The minimum Gasteiger partial charge on any atom is -0.394 e. The molecule has 2 aromatic rings. The number of hydrogen-bond donors (Lipinski definition) is 5. The summed E-state index contributed by atoms with van der Waals surface area (Å²) in [5, 5.41) is 28.3. The third-order valence-corrected chi connectivity index (χ3v) is 7.94. The Bertz CT molecular complexity index is 1230. The van der Waals surface area contributed by atoms with Crippen molar-refractivity contribution < 1.29 is 24.2 Å². The van der Waals surface area contributed by atoms with Crippen molar-refractivity contribution in [2.75, 3.05) is 18.5 Å². The molecule has 5 N–H and O–H groups in total. The number of rotatable bonds is 8. The van der Waals surface area contributed by atoms with Gasteiger partial charge in [-0.1, -0.05) is 56.1 Å². The minimum atomic E-state index is -1.31. The van der Waals surface area contributed by atoms with Crippen LogP contribution < -0.4 is 16.0 Å². The predicted molar refractivity (Wildman–Crippen MR) is 153 cm³/mol. The molecule has 0 saturated carbocycles. The number of carbonyl (C=O) groups excluding carboxylic acids is 2.